The highest BCUT2D eigenvalue weighted by Gasteiger charge is 2.22. The molecule has 0 rings (SSSR count). The van der Waals surface area contributed by atoms with Gasteiger partial charge in [-0.25, -0.2) is 0 Å². The van der Waals surface area contributed by atoms with E-state index in [2.05, 4.69) is 5.32 Å². The van der Waals surface area contributed by atoms with Crippen molar-refractivity contribution in [3.63, 3.8) is 0 Å². The summed E-state index contributed by atoms with van der Waals surface area (Å²) in [7, 11) is 1.65. The van der Waals surface area contributed by atoms with Gasteiger partial charge in [0.25, 0.3) is 0 Å². The van der Waals surface area contributed by atoms with Crippen molar-refractivity contribution in [2.24, 2.45) is 0 Å². The summed E-state index contributed by atoms with van der Waals surface area (Å²) in [5, 5.41) is 11.7. The van der Waals surface area contributed by atoms with Crippen molar-refractivity contribution in [3.8, 4) is 0 Å². The van der Waals surface area contributed by atoms with Gasteiger partial charge in [-0.15, -0.1) is 0 Å². The van der Waals surface area contributed by atoms with Crippen LogP contribution < -0.4 is 5.32 Å². The molecule has 5 nitrogen and oxygen atoms in total. The number of amides is 1. The molecule has 0 saturated carbocycles. The number of carboxylic acids is 1. The van der Waals surface area contributed by atoms with Gasteiger partial charge in [0.15, 0.2) is 0 Å². The van der Waals surface area contributed by atoms with E-state index >= 15 is 0 Å². The van der Waals surface area contributed by atoms with Gasteiger partial charge in [-0.3, -0.25) is 14.5 Å². The molecule has 0 aromatic rings. The molecule has 0 aliphatic rings. The van der Waals surface area contributed by atoms with Crippen LogP contribution in [0.25, 0.3) is 0 Å². The number of carbonyl (C=O) groups is 2. The molecule has 5 heteroatoms. The van der Waals surface area contributed by atoms with Gasteiger partial charge < -0.3 is 10.4 Å². The van der Waals surface area contributed by atoms with Crippen molar-refractivity contribution in [1.29, 1.82) is 0 Å². The zero-order chi connectivity index (χ0) is 12.7. The third-order valence-corrected chi connectivity index (χ3v) is 2.62. The molecule has 0 bridgehead atoms. The van der Waals surface area contributed by atoms with Crippen LogP contribution in [0.15, 0.2) is 0 Å². The Morgan fingerprint density at radius 3 is 2.25 bits per heavy atom. The molecule has 2 unspecified atom stereocenters. The summed E-state index contributed by atoms with van der Waals surface area (Å²) < 4.78 is 0. The quantitative estimate of drug-likeness (QED) is 0.675. The normalized spacial score (nSPS) is 14.6. The number of carboxylic acid groups (broad SMARTS) is 1. The Morgan fingerprint density at radius 2 is 1.88 bits per heavy atom. The number of aliphatic carboxylic acids is 1. The SMILES string of the molecule is CCC(C)NC(=O)CN(C)C(CC)C(=O)O. The van der Waals surface area contributed by atoms with Crippen molar-refractivity contribution < 1.29 is 14.7 Å². The number of hydrogen-bond acceptors (Lipinski definition) is 3. The lowest BCUT2D eigenvalue weighted by molar-refractivity contribution is -0.143. The molecule has 0 heterocycles. The molecule has 2 N–H and O–H groups in total. The topological polar surface area (TPSA) is 69.6 Å². The Balaban J connectivity index is 4.16. The molecule has 0 spiro atoms. The fraction of sp³-hybridized carbons (Fsp3) is 0.818. The summed E-state index contributed by atoms with van der Waals surface area (Å²) in [4.78, 5) is 23.9. The van der Waals surface area contributed by atoms with Gasteiger partial charge in [0.2, 0.25) is 5.91 Å². The monoisotopic (exact) mass is 230 g/mol. The van der Waals surface area contributed by atoms with Crippen LogP contribution >= 0.6 is 0 Å². The predicted octanol–water partition coefficient (Wildman–Crippen LogP) is 0.696. The lowest BCUT2D eigenvalue weighted by Crippen LogP contribution is -2.45. The van der Waals surface area contributed by atoms with Crippen LogP contribution in [0, 0.1) is 0 Å². The molecular formula is C11H22N2O3. The second kappa shape index (κ2) is 7.22. The van der Waals surface area contributed by atoms with Crippen LogP contribution in [0.3, 0.4) is 0 Å². The Kier molecular flexibility index (Phi) is 6.72. The molecule has 0 aromatic carbocycles. The Labute approximate surface area is 96.8 Å². The lowest BCUT2D eigenvalue weighted by Gasteiger charge is -2.23. The van der Waals surface area contributed by atoms with Gasteiger partial charge in [-0.1, -0.05) is 13.8 Å². The average Bonchev–Trinajstić information content (AvgIpc) is 2.17. The second-order valence-corrected chi connectivity index (χ2v) is 4.05. The van der Waals surface area contributed by atoms with Crippen molar-refractivity contribution in [2.75, 3.05) is 13.6 Å². The fourth-order valence-corrected chi connectivity index (χ4v) is 1.43. The molecule has 0 aromatic heterocycles. The molecule has 16 heavy (non-hydrogen) atoms. The lowest BCUT2D eigenvalue weighted by atomic mass is 10.2. The first-order chi connectivity index (χ1) is 7.42. The zero-order valence-electron chi connectivity index (χ0n) is 10.5. The van der Waals surface area contributed by atoms with Crippen molar-refractivity contribution in [1.82, 2.24) is 10.2 Å². The summed E-state index contributed by atoms with van der Waals surface area (Å²) in [5.74, 6) is -1.02. The second-order valence-electron chi connectivity index (χ2n) is 4.05. The van der Waals surface area contributed by atoms with Crippen LogP contribution in [-0.4, -0.2) is 47.6 Å². The van der Waals surface area contributed by atoms with Gasteiger partial charge in [0.1, 0.15) is 6.04 Å². The van der Waals surface area contributed by atoms with Crippen molar-refractivity contribution >= 4 is 11.9 Å². The highest BCUT2D eigenvalue weighted by atomic mass is 16.4. The number of nitrogens with one attached hydrogen (secondary N) is 1. The van der Waals surface area contributed by atoms with Gasteiger partial charge >= 0.3 is 5.97 Å². The Hall–Kier alpha value is -1.10. The standard InChI is InChI=1S/C11H22N2O3/c1-5-8(3)12-10(14)7-13(4)9(6-2)11(15)16/h8-9H,5-7H2,1-4H3,(H,12,14)(H,15,16). The van der Waals surface area contributed by atoms with Crippen LogP contribution in [0.5, 0.6) is 0 Å². The van der Waals surface area contributed by atoms with E-state index in [0.29, 0.717) is 6.42 Å². The number of likely N-dealkylation sites (N-methyl/N-ethyl adjacent to an activating group) is 1. The molecule has 2 atom stereocenters. The number of nitrogens with zero attached hydrogens (tertiary/aromatic N) is 1. The minimum absolute atomic E-state index is 0.120. The largest absolute Gasteiger partial charge is 0.480 e. The van der Waals surface area contributed by atoms with E-state index < -0.39 is 12.0 Å². The first kappa shape index (κ1) is 14.9. The molecular weight excluding hydrogens is 208 g/mol. The third-order valence-electron chi connectivity index (χ3n) is 2.62. The minimum Gasteiger partial charge on any atom is -0.480 e. The molecule has 1 amide bonds. The maximum atomic E-state index is 11.5. The highest BCUT2D eigenvalue weighted by Crippen LogP contribution is 2.01. The van der Waals surface area contributed by atoms with E-state index in [-0.39, 0.29) is 18.5 Å². The average molecular weight is 230 g/mol. The van der Waals surface area contributed by atoms with Gasteiger partial charge in [0.05, 0.1) is 6.54 Å². The number of rotatable bonds is 7. The number of hydrogen-bond donors (Lipinski definition) is 2. The fourth-order valence-electron chi connectivity index (χ4n) is 1.43. The molecule has 0 saturated heterocycles. The van der Waals surface area contributed by atoms with Gasteiger partial charge in [0, 0.05) is 6.04 Å². The first-order valence-electron chi connectivity index (χ1n) is 5.64. The van der Waals surface area contributed by atoms with E-state index in [4.69, 9.17) is 5.11 Å². The summed E-state index contributed by atoms with van der Waals surface area (Å²) >= 11 is 0. The molecule has 0 aliphatic heterocycles. The molecule has 0 radical (unpaired) electrons. The maximum Gasteiger partial charge on any atom is 0.320 e. The Bertz CT molecular complexity index is 243. The van der Waals surface area contributed by atoms with E-state index in [0.717, 1.165) is 6.42 Å². The van der Waals surface area contributed by atoms with Gasteiger partial charge in [-0.2, -0.15) is 0 Å². The summed E-state index contributed by atoms with van der Waals surface area (Å²) in [6, 6.07) is -0.464. The van der Waals surface area contributed by atoms with E-state index in [9.17, 15) is 9.59 Å². The molecule has 0 aliphatic carbocycles. The third kappa shape index (κ3) is 5.11. The molecule has 0 fully saturated rings. The summed E-state index contributed by atoms with van der Waals surface area (Å²) in [6.45, 7) is 5.82. The van der Waals surface area contributed by atoms with E-state index in [1.807, 2.05) is 13.8 Å². The van der Waals surface area contributed by atoms with Crippen LogP contribution in [-0.2, 0) is 9.59 Å². The van der Waals surface area contributed by atoms with Crippen LogP contribution in [0.1, 0.15) is 33.6 Å². The zero-order valence-corrected chi connectivity index (χ0v) is 10.5. The van der Waals surface area contributed by atoms with Crippen molar-refractivity contribution in [2.45, 2.75) is 45.7 Å². The van der Waals surface area contributed by atoms with E-state index in [1.165, 1.54) is 0 Å². The summed E-state index contributed by atoms with van der Waals surface area (Å²) in [5.41, 5.74) is 0. The van der Waals surface area contributed by atoms with E-state index in [1.54, 1.807) is 18.9 Å². The summed E-state index contributed by atoms with van der Waals surface area (Å²) in [6.07, 6.45) is 1.36. The van der Waals surface area contributed by atoms with Gasteiger partial charge in [-0.05, 0) is 26.8 Å². The minimum atomic E-state index is -0.888. The first-order valence-corrected chi connectivity index (χ1v) is 5.64. The number of carbonyl (C=O) groups excluding carboxylic acids is 1. The Morgan fingerprint density at radius 1 is 1.31 bits per heavy atom. The smallest absolute Gasteiger partial charge is 0.320 e. The van der Waals surface area contributed by atoms with Crippen molar-refractivity contribution in [3.05, 3.63) is 0 Å². The predicted molar refractivity (Wildman–Crippen MR) is 62.2 cm³/mol. The van der Waals surface area contributed by atoms with Crippen LogP contribution in [0.4, 0.5) is 0 Å². The molecule has 94 valence electrons. The maximum absolute atomic E-state index is 11.5. The highest BCUT2D eigenvalue weighted by molar-refractivity contribution is 5.80. The van der Waals surface area contributed by atoms with Crippen LogP contribution in [0.2, 0.25) is 0 Å².